The highest BCUT2D eigenvalue weighted by atomic mass is 79.9. The van der Waals surface area contributed by atoms with Gasteiger partial charge in [-0.25, -0.2) is 4.98 Å². The first-order valence-corrected chi connectivity index (χ1v) is 6.19. The summed E-state index contributed by atoms with van der Waals surface area (Å²) in [5.74, 6) is -0.0978. The highest BCUT2D eigenvalue weighted by Gasteiger charge is 2.18. The van der Waals surface area contributed by atoms with E-state index >= 15 is 0 Å². The van der Waals surface area contributed by atoms with Crippen LogP contribution in [0.2, 0.25) is 0 Å². The number of pyridine rings is 1. The maximum absolute atomic E-state index is 11.9. The molecule has 0 radical (unpaired) electrons. The molecule has 1 amide bonds. The highest BCUT2D eigenvalue weighted by molar-refractivity contribution is 9.10. The Morgan fingerprint density at radius 2 is 2.25 bits per heavy atom. The Kier molecular flexibility index (Phi) is 3.90. The molecule has 4 nitrogen and oxygen atoms in total. The van der Waals surface area contributed by atoms with Gasteiger partial charge in [-0.15, -0.1) is 0 Å². The molecule has 0 unspecified atom stereocenters. The van der Waals surface area contributed by atoms with Gasteiger partial charge in [0.1, 0.15) is 5.69 Å². The molecule has 2 rings (SSSR count). The van der Waals surface area contributed by atoms with E-state index in [0.29, 0.717) is 5.69 Å². The molecule has 2 heterocycles. The molecule has 0 aromatic carbocycles. The minimum Gasteiger partial charge on any atom is -0.348 e. The lowest BCUT2D eigenvalue weighted by atomic mass is 10.1. The highest BCUT2D eigenvalue weighted by Crippen LogP contribution is 2.13. The lowest BCUT2D eigenvalue weighted by molar-refractivity contribution is 0.0923. The SMILES string of the molecule is O=C(NC1CCNCC1)c1ncccc1Br. The molecule has 86 valence electrons. The zero-order chi connectivity index (χ0) is 11.4. The summed E-state index contributed by atoms with van der Waals surface area (Å²) in [6.45, 7) is 1.93. The molecular weight excluding hydrogens is 270 g/mol. The van der Waals surface area contributed by atoms with Crippen LogP contribution in [0.25, 0.3) is 0 Å². The Bertz CT molecular complexity index is 377. The smallest absolute Gasteiger partial charge is 0.271 e. The number of amides is 1. The lowest BCUT2D eigenvalue weighted by Gasteiger charge is -2.23. The molecule has 1 saturated heterocycles. The van der Waals surface area contributed by atoms with Crippen LogP contribution >= 0.6 is 15.9 Å². The quantitative estimate of drug-likeness (QED) is 0.861. The standard InChI is InChI=1S/C11H14BrN3O/c12-9-2-1-5-14-10(9)11(16)15-8-3-6-13-7-4-8/h1-2,5,8,13H,3-4,6-7H2,(H,15,16). The number of rotatable bonds is 2. The van der Waals surface area contributed by atoms with Crippen molar-refractivity contribution in [3.63, 3.8) is 0 Å². The van der Waals surface area contributed by atoms with E-state index in [4.69, 9.17) is 0 Å². The minimum absolute atomic E-state index is 0.0978. The second-order valence-corrected chi connectivity index (χ2v) is 4.69. The summed E-state index contributed by atoms with van der Waals surface area (Å²) in [6, 6.07) is 3.89. The van der Waals surface area contributed by atoms with Gasteiger partial charge in [-0.3, -0.25) is 4.79 Å². The van der Waals surface area contributed by atoms with Crippen molar-refractivity contribution in [3.8, 4) is 0 Å². The molecule has 0 aliphatic carbocycles. The summed E-state index contributed by atoms with van der Waals surface area (Å²) in [4.78, 5) is 16.0. The van der Waals surface area contributed by atoms with Gasteiger partial charge in [0.15, 0.2) is 0 Å². The number of carbonyl (C=O) groups is 1. The van der Waals surface area contributed by atoms with Crippen molar-refractivity contribution in [2.24, 2.45) is 0 Å². The average Bonchev–Trinajstić information content (AvgIpc) is 2.31. The van der Waals surface area contributed by atoms with Crippen LogP contribution < -0.4 is 10.6 Å². The van der Waals surface area contributed by atoms with Crippen molar-refractivity contribution in [2.45, 2.75) is 18.9 Å². The predicted molar refractivity (Wildman–Crippen MR) is 65.3 cm³/mol. The third kappa shape index (κ3) is 2.80. The largest absolute Gasteiger partial charge is 0.348 e. The van der Waals surface area contributed by atoms with Crippen LogP contribution in [-0.2, 0) is 0 Å². The van der Waals surface area contributed by atoms with E-state index in [-0.39, 0.29) is 11.9 Å². The number of aromatic nitrogens is 1. The van der Waals surface area contributed by atoms with E-state index in [2.05, 4.69) is 31.5 Å². The Morgan fingerprint density at radius 3 is 2.94 bits per heavy atom. The summed E-state index contributed by atoms with van der Waals surface area (Å²) >= 11 is 3.33. The number of nitrogens with one attached hydrogen (secondary N) is 2. The van der Waals surface area contributed by atoms with Gasteiger partial charge in [0, 0.05) is 16.7 Å². The second-order valence-electron chi connectivity index (χ2n) is 3.83. The Morgan fingerprint density at radius 1 is 1.50 bits per heavy atom. The third-order valence-electron chi connectivity index (χ3n) is 2.65. The van der Waals surface area contributed by atoms with Gasteiger partial charge in [-0.1, -0.05) is 0 Å². The van der Waals surface area contributed by atoms with Crippen molar-refractivity contribution >= 4 is 21.8 Å². The van der Waals surface area contributed by atoms with Gasteiger partial charge in [0.2, 0.25) is 0 Å². The number of nitrogens with zero attached hydrogens (tertiary/aromatic N) is 1. The van der Waals surface area contributed by atoms with Crippen molar-refractivity contribution in [3.05, 3.63) is 28.5 Å². The number of piperidine rings is 1. The topological polar surface area (TPSA) is 54.0 Å². The number of halogens is 1. The summed E-state index contributed by atoms with van der Waals surface area (Å²) < 4.78 is 0.737. The molecule has 0 spiro atoms. The summed E-state index contributed by atoms with van der Waals surface area (Å²) in [6.07, 6.45) is 3.59. The molecule has 1 aliphatic rings. The Labute approximate surface area is 103 Å². The fourth-order valence-corrected chi connectivity index (χ4v) is 2.21. The maximum atomic E-state index is 11.9. The van der Waals surface area contributed by atoms with E-state index in [1.807, 2.05) is 6.07 Å². The maximum Gasteiger partial charge on any atom is 0.271 e. The number of carbonyl (C=O) groups excluding carboxylic acids is 1. The third-order valence-corrected chi connectivity index (χ3v) is 3.29. The molecule has 1 aliphatic heterocycles. The predicted octanol–water partition coefficient (Wildman–Crippen LogP) is 1.33. The molecular formula is C11H14BrN3O. The van der Waals surface area contributed by atoms with E-state index in [1.165, 1.54) is 0 Å². The van der Waals surface area contributed by atoms with Gasteiger partial charge in [-0.2, -0.15) is 0 Å². The molecule has 0 atom stereocenters. The van der Waals surface area contributed by atoms with Crippen molar-refractivity contribution in [1.29, 1.82) is 0 Å². The molecule has 1 aromatic rings. The first kappa shape index (κ1) is 11.5. The van der Waals surface area contributed by atoms with Crippen molar-refractivity contribution in [2.75, 3.05) is 13.1 Å². The molecule has 1 aromatic heterocycles. The minimum atomic E-state index is -0.0978. The molecule has 1 fully saturated rings. The van der Waals surface area contributed by atoms with Gasteiger partial charge in [0.05, 0.1) is 0 Å². The Hall–Kier alpha value is -0.940. The second kappa shape index (κ2) is 5.41. The van der Waals surface area contributed by atoms with Crippen LogP contribution in [-0.4, -0.2) is 30.0 Å². The van der Waals surface area contributed by atoms with Crippen LogP contribution in [0.3, 0.4) is 0 Å². The molecule has 2 N–H and O–H groups in total. The lowest BCUT2D eigenvalue weighted by Crippen LogP contribution is -2.43. The molecule has 16 heavy (non-hydrogen) atoms. The van der Waals surface area contributed by atoms with Crippen molar-refractivity contribution < 1.29 is 4.79 Å². The fraction of sp³-hybridized carbons (Fsp3) is 0.455. The summed E-state index contributed by atoms with van der Waals surface area (Å²) in [7, 11) is 0. The number of hydrogen-bond donors (Lipinski definition) is 2. The zero-order valence-electron chi connectivity index (χ0n) is 8.87. The van der Waals surface area contributed by atoms with E-state index in [0.717, 1.165) is 30.4 Å². The molecule has 5 heteroatoms. The number of hydrogen-bond acceptors (Lipinski definition) is 3. The van der Waals surface area contributed by atoms with Gasteiger partial charge >= 0.3 is 0 Å². The van der Waals surface area contributed by atoms with Crippen LogP contribution in [0.5, 0.6) is 0 Å². The van der Waals surface area contributed by atoms with Gasteiger partial charge < -0.3 is 10.6 Å². The first-order valence-electron chi connectivity index (χ1n) is 5.39. The summed E-state index contributed by atoms with van der Waals surface area (Å²) in [5.41, 5.74) is 0.459. The first-order chi connectivity index (χ1) is 7.77. The normalized spacial score (nSPS) is 17.1. The van der Waals surface area contributed by atoms with Crippen LogP contribution in [0.1, 0.15) is 23.3 Å². The van der Waals surface area contributed by atoms with Crippen LogP contribution in [0, 0.1) is 0 Å². The summed E-state index contributed by atoms with van der Waals surface area (Å²) in [5, 5.41) is 6.27. The fourth-order valence-electron chi connectivity index (χ4n) is 1.77. The average molecular weight is 284 g/mol. The van der Waals surface area contributed by atoms with Crippen molar-refractivity contribution in [1.82, 2.24) is 15.6 Å². The van der Waals surface area contributed by atoms with E-state index < -0.39 is 0 Å². The molecule has 0 saturated carbocycles. The Balaban J connectivity index is 2.00. The van der Waals surface area contributed by atoms with Gasteiger partial charge in [0.25, 0.3) is 5.91 Å². The van der Waals surface area contributed by atoms with Gasteiger partial charge in [-0.05, 0) is 54.0 Å². The monoisotopic (exact) mass is 283 g/mol. The zero-order valence-corrected chi connectivity index (χ0v) is 10.5. The molecule has 0 bridgehead atoms. The van der Waals surface area contributed by atoms with Crippen LogP contribution in [0.15, 0.2) is 22.8 Å². The van der Waals surface area contributed by atoms with Crippen LogP contribution in [0.4, 0.5) is 0 Å². The van der Waals surface area contributed by atoms with E-state index in [9.17, 15) is 4.79 Å². The van der Waals surface area contributed by atoms with E-state index in [1.54, 1.807) is 12.3 Å².